The Balaban J connectivity index is 1.67. The lowest BCUT2D eigenvalue weighted by Gasteiger charge is -2.15. The lowest BCUT2D eigenvalue weighted by molar-refractivity contribution is 0.347. The SMILES string of the molecule is COc1cc(OC)c(OC)cc1CNCc1ccc(-c2ccccc2OC)cc1. The number of hydrogen-bond donors (Lipinski definition) is 1. The highest BCUT2D eigenvalue weighted by atomic mass is 16.5. The summed E-state index contributed by atoms with van der Waals surface area (Å²) >= 11 is 0. The molecule has 0 saturated heterocycles. The summed E-state index contributed by atoms with van der Waals surface area (Å²) < 4.78 is 21.7. The molecule has 29 heavy (non-hydrogen) atoms. The van der Waals surface area contributed by atoms with Crippen LogP contribution in [-0.2, 0) is 13.1 Å². The molecule has 5 heteroatoms. The maximum Gasteiger partial charge on any atom is 0.164 e. The Morgan fingerprint density at radius 1 is 0.621 bits per heavy atom. The second kappa shape index (κ2) is 9.85. The van der Waals surface area contributed by atoms with Crippen molar-refractivity contribution in [1.29, 1.82) is 0 Å². The van der Waals surface area contributed by atoms with E-state index in [1.165, 1.54) is 5.56 Å². The van der Waals surface area contributed by atoms with E-state index >= 15 is 0 Å². The van der Waals surface area contributed by atoms with Crippen LogP contribution in [0.2, 0.25) is 0 Å². The zero-order chi connectivity index (χ0) is 20.6. The fourth-order valence-corrected chi connectivity index (χ4v) is 3.26. The Kier molecular flexibility index (Phi) is 6.98. The van der Waals surface area contributed by atoms with Crippen molar-refractivity contribution in [1.82, 2.24) is 5.32 Å². The molecule has 0 spiro atoms. The van der Waals surface area contributed by atoms with E-state index in [9.17, 15) is 0 Å². The Hall–Kier alpha value is -3.18. The van der Waals surface area contributed by atoms with Crippen molar-refractivity contribution in [3.05, 3.63) is 71.8 Å². The van der Waals surface area contributed by atoms with Gasteiger partial charge in [0.2, 0.25) is 0 Å². The van der Waals surface area contributed by atoms with E-state index in [-0.39, 0.29) is 0 Å². The van der Waals surface area contributed by atoms with Gasteiger partial charge in [-0.25, -0.2) is 0 Å². The second-order valence-corrected chi connectivity index (χ2v) is 6.52. The minimum Gasteiger partial charge on any atom is -0.496 e. The molecule has 5 nitrogen and oxygen atoms in total. The molecule has 0 atom stereocenters. The van der Waals surface area contributed by atoms with Gasteiger partial charge >= 0.3 is 0 Å². The standard InChI is InChI=1S/C24H27NO4/c1-26-21-8-6-5-7-20(21)18-11-9-17(10-12-18)15-25-16-19-13-23(28-3)24(29-4)14-22(19)27-2/h5-14,25H,15-16H2,1-4H3. The fraction of sp³-hybridized carbons (Fsp3) is 0.250. The van der Waals surface area contributed by atoms with Crippen molar-refractivity contribution in [3.63, 3.8) is 0 Å². The predicted octanol–water partition coefficient (Wildman–Crippen LogP) is 4.68. The zero-order valence-corrected chi connectivity index (χ0v) is 17.3. The summed E-state index contributed by atoms with van der Waals surface area (Å²) in [5.74, 6) is 2.98. The van der Waals surface area contributed by atoms with Gasteiger partial charge in [0, 0.05) is 30.3 Å². The van der Waals surface area contributed by atoms with Crippen molar-refractivity contribution in [2.45, 2.75) is 13.1 Å². The third kappa shape index (κ3) is 4.81. The third-order valence-electron chi connectivity index (χ3n) is 4.80. The van der Waals surface area contributed by atoms with Crippen molar-refractivity contribution in [2.24, 2.45) is 0 Å². The summed E-state index contributed by atoms with van der Waals surface area (Å²) in [4.78, 5) is 0. The molecule has 0 aliphatic rings. The normalized spacial score (nSPS) is 10.5. The van der Waals surface area contributed by atoms with Gasteiger partial charge in [-0.1, -0.05) is 42.5 Å². The number of hydrogen-bond acceptors (Lipinski definition) is 5. The summed E-state index contributed by atoms with van der Waals surface area (Å²) in [5.41, 5.74) is 4.43. The summed E-state index contributed by atoms with van der Waals surface area (Å²) in [6.45, 7) is 1.39. The van der Waals surface area contributed by atoms with Crippen molar-refractivity contribution in [2.75, 3.05) is 28.4 Å². The van der Waals surface area contributed by atoms with Crippen molar-refractivity contribution in [3.8, 4) is 34.1 Å². The van der Waals surface area contributed by atoms with Crippen molar-refractivity contribution >= 4 is 0 Å². The quantitative estimate of drug-likeness (QED) is 0.572. The Morgan fingerprint density at radius 3 is 1.90 bits per heavy atom. The van der Waals surface area contributed by atoms with Gasteiger partial charge in [0.15, 0.2) is 11.5 Å². The van der Waals surface area contributed by atoms with Crippen LogP contribution in [0.25, 0.3) is 11.1 Å². The van der Waals surface area contributed by atoms with Crippen LogP contribution in [0.1, 0.15) is 11.1 Å². The molecular weight excluding hydrogens is 366 g/mol. The molecular formula is C24H27NO4. The molecule has 0 aliphatic heterocycles. The molecule has 1 N–H and O–H groups in total. The van der Waals surface area contributed by atoms with Crippen LogP contribution in [0.4, 0.5) is 0 Å². The monoisotopic (exact) mass is 393 g/mol. The Bertz CT molecular complexity index is 938. The lowest BCUT2D eigenvalue weighted by Crippen LogP contribution is -2.13. The van der Waals surface area contributed by atoms with Crippen LogP contribution < -0.4 is 24.3 Å². The number of ether oxygens (including phenoxy) is 4. The average Bonchev–Trinajstić information content (AvgIpc) is 2.79. The van der Waals surface area contributed by atoms with Gasteiger partial charge < -0.3 is 24.3 Å². The maximum atomic E-state index is 5.49. The highest BCUT2D eigenvalue weighted by Crippen LogP contribution is 2.34. The first-order valence-electron chi connectivity index (χ1n) is 9.42. The first kappa shape index (κ1) is 20.6. The number of nitrogens with one attached hydrogen (secondary N) is 1. The number of methoxy groups -OCH3 is 4. The molecule has 0 amide bonds. The molecule has 0 heterocycles. The lowest BCUT2D eigenvalue weighted by atomic mass is 10.0. The first-order valence-corrected chi connectivity index (χ1v) is 9.42. The molecule has 3 aromatic rings. The average molecular weight is 393 g/mol. The maximum absolute atomic E-state index is 5.49. The second-order valence-electron chi connectivity index (χ2n) is 6.52. The Labute approximate surface area is 172 Å². The van der Waals surface area contributed by atoms with Gasteiger partial charge in [-0.15, -0.1) is 0 Å². The van der Waals surface area contributed by atoms with E-state index in [1.807, 2.05) is 30.3 Å². The van der Waals surface area contributed by atoms with E-state index < -0.39 is 0 Å². The highest BCUT2D eigenvalue weighted by Gasteiger charge is 2.11. The molecule has 152 valence electrons. The number of benzene rings is 3. The zero-order valence-electron chi connectivity index (χ0n) is 17.3. The van der Waals surface area contributed by atoms with Crippen LogP contribution in [0.3, 0.4) is 0 Å². The largest absolute Gasteiger partial charge is 0.496 e. The van der Waals surface area contributed by atoms with Crippen molar-refractivity contribution < 1.29 is 18.9 Å². The topological polar surface area (TPSA) is 49.0 Å². The smallest absolute Gasteiger partial charge is 0.164 e. The van der Waals surface area contributed by atoms with Gasteiger partial charge in [0.05, 0.1) is 28.4 Å². The number of rotatable bonds is 9. The fourth-order valence-electron chi connectivity index (χ4n) is 3.26. The molecule has 0 aromatic heterocycles. The first-order chi connectivity index (χ1) is 14.2. The minimum atomic E-state index is 0.651. The molecule has 0 aliphatic carbocycles. The summed E-state index contributed by atoms with van der Waals surface area (Å²) in [6, 6.07) is 20.3. The van der Waals surface area contributed by atoms with E-state index in [1.54, 1.807) is 28.4 Å². The van der Waals surface area contributed by atoms with Crippen LogP contribution in [0.5, 0.6) is 23.0 Å². The summed E-state index contributed by atoms with van der Waals surface area (Å²) in [6.07, 6.45) is 0. The van der Waals surface area contributed by atoms with E-state index in [0.717, 1.165) is 34.7 Å². The van der Waals surface area contributed by atoms with Gasteiger partial charge in [0.1, 0.15) is 11.5 Å². The molecule has 0 saturated carbocycles. The van der Waals surface area contributed by atoms with E-state index in [2.05, 4.69) is 35.6 Å². The van der Waals surface area contributed by atoms with Crippen LogP contribution >= 0.6 is 0 Å². The molecule has 3 aromatic carbocycles. The van der Waals surface area contributed by atoms with Gasteiger partial charge in [-0.05, 0) is 23.3 Å². The molecule has 3 rings (SSSR count). The van der Waals surface area contributed by atoms with Gasteiger partial charge in [-0.2, -0.15) is 0 Å². The molecule has 0 fully saturated rings. The summed E-state index contributed by atoms with van der Waals surface area (Å²) in [5, 5.41) is 3.46. The molecule has 0 radical (unpaired) electrons. The van der Waals surface area contributed by atoms with Gasteiger partial charge in [-0.3, -0.25) is 0 Å². The predicted molar refractivity (Wildman–Crippen MR) is 115 cm³/mol. The van der Waals surface area contributed by atoms with E-state index in [4.69, 9.17) is 18.9 Å². The van der Waals surface area contributed by atoms with Gasteiger partial charge in [0.25, 0.3) is 0 Å². The highest BCUT2D eigenvalue weighted by molar-refractivity contribution is 5.70. The van der Waals surface area contributed by atoms with E-state index in [0.29, 0.717) is 18.0 Å². The number of para-hydroxylation sites is 1. The van der Waals surface area contributed by atoms with Crippen LogP contribution in [-0.4, -0.2) is 28.4 Å². The Morgan fingerprint density at radius 2 is 1.24 bits per heavy atom. The van der Waals surface area contributed by atoms with Crippen LogP contribution in [0.15, 0.2) is 60.7 Å². The molecule has 0 bridgehead atoms. The molecule has 0 unspecified atom stereocenters. The van der Waals surface area contributed by atoms with Crippen LogP contribution in [0, 0.1) is 0 Å². The minimum absolute atomic E-state index is 0.651. The summed E-state index contributed by atoms with van der Waals surface area (Å²) in [7, 11) is 6.59. The third-order valence-corrected chi connectivity index (χ3v) is 4.80.